The van der Waals surface area contributed by atoms with E-state index in [0.717, 1.165) is 30.2 Å². The highest BCUT2D eigenvalue weighted by atomic mass is 16.5. The Morgan fingerprint density at radius 2 is 2.00 bits per heavy atom. The van der Waals surface area contributed by atoms with E-state index in [2.05, 4.69) is 22.3 Å². The zero-order valence-corrected chi connectivity index (χ0v) is 12.3. The molecule has 0 radical (unpaired) electrons. The van der Waals surface area contributed by atoms with Crippen LogP contribution in [0.25, 0.3) is 0 Å². The van der Waals surface area contributed by atoms with Gasteiger partial charge in [-0.05, 0) is 44.5 Å². The summed E-state index contributed by atoms with van der Waals surface area (Å²) in [5, 5.41) is 7.56. The Balaban J connectivity index is 1.92. The Morgan fingerprint density at radius 1 is 1.25 bits per heavy atom. The molecule has 5 heteroatoms. The lowest BCUT2D eigenvalue weighted by Crippen LogP contribution is -2.10. The maximum Gasteiger partial charge on any atom is 0.146 e. The van der Waals surface area contributed by atoms with Crippen LogP contribution in [-0.2, 0) is 13.1 Å². The van der Waals surface area contributed by atoms with E-state index < -0.39 is 0 Å². The Hall–Kier alpha value is -2.04. The molecule has 1 N–H and O–H groups in total. The van der Waals surface area contributed by atoms with Crippen molar-refractivity contribution < 1.29 is 4.74 Å². The second-order valence-corrected chi connectivity index (χ2v) is 4.94. The monoisotopic (exact) mass is 274 g/mol. The first kappa shape index (κ1) is 14.4. The summed E-state index contributed by atoms with van der Waals surface area (Å²) in [5.74, 6) is 1.84. The first-order chi connectivity index (χ1) is 9.69. The van der Waals surface area contributed by atoms with Gasteiger partial charge in [0.2, 0.25) is 0 Å². The summed E-state index contributed by atoms with van der Waals surface area (Å²) < 4.78 is 7.55. The molecule has 0 aliphatic heterocycles. The summed E-state index contributed by atoms with van der Waals surface area (Å²) in [4.78, 5) is 4.27. The topological polar surface area (TPSA) is 52.0 Å². The van der Waals surface area contributed by atoms with Crippen LogP contribution < -0.4 is 10.1 Å². The number of benzene rings is 1. The minimum absolute atomic E-state index is 0.196. The highest BCUT2D eigenvalue weighted by molar-refractivity contribution is 5.46. The van der Waals surface area contributed by atoms with E-state index in [1.165, 1.54) is 0 Å². The fourth-order valence-electron chi connectivity index (χ4n) is 1.93. The minimum Gasteiger partial charge on any atom is -0.491 e. The molecule has 2 aromatic rings. The van der Waals surface area contributed by atoms with Crippen molar-refractivity contribution in [3.05, 3.63) is 36.4 Å². The van der Waals surface area contributed by atoms with Gasteiger partial charge in [-0.25, -0.2) is 9.67 Å². The molecule has 0 fully saturated rings. The van der Waals surface area contributed by atoms with Crippen LogP contribution in [0.5, 0.6) is 5.75 Å². The van der Waals surface area contributed by atoms with Crippen LogP contribution in [0.1, 0.15) is 33.0 Å². The van der Waals surface area contributed by atoms with Crippen LogP contribution in [0.2, 0.25) is 0 Å². The van der Waals surface area contributed by atoms with E-state index in [-0.39, 0.29) is 6.10 Å². The molecule has 0 atom stereocenters. The molecule has 2 rings (SSSR count). The Morgan fingerprint density at radius 3 is 2.65 bits per heavy atom. The third kappa shape index (κ3) is 3.98. The van der Waals surface area contributed by atoms with E-state index in [0.29, 0.717) is 6.54 Å². The average Bonchev–Trinajstić information content (AvgIpc) is 2.85. The fraction of sp³-hybridized carbons (Fsp3) is 0.467. The largest absolute Gasteiger partial charge is 0.491 e. The molecule has 1 aromatic carbocycles. The van der Waals surface area contributed by atoms with Gasteiger partial charge in [0.15, 0.2) is 0 Å². The maximum atomic E-state index is 5.62. The molecule has 0 aliphatic carbocycles. The lowest BCUT2D eigenvalue weighted by atomic mass is 10.3. The third-order valence-electron chi connectivity index (χ3n) is 2.81. The number of nitrogens with one attached hydrogen (secondary N) is 1. The smallest absolute Gasteiger partial charge is 0.146 e. The second kappa shape index (κ2) is 6.93. The Bertz CT molecular complexity index is 519. The fourth-order valence-corrected chi connectivity index (χ4v) is 1.93. The normalized spacial score (nSPS) is 10.8. The van der Waals surface area contributed by atoms with Crippen LogP contribution in [0.3, 0.4) is 0 Å². The van der Waals surface area contributed by atoms with Gasteiger partial charge >= 0.3 is 0 Å². The van der Waals surface area contributed by atoms with Gasteiger partial charge in [-0.1, -0.05) is 6.92 Å². The van der Waals surface area contributed by atoms with E-state index in [1.807, 2.05) is 42.8 Å². The van der Waals surface area contributed by atoms with Crippen LogP contribution >= 0.6 is 0 Å². The Labute approximate surface area is 120 Å². The van der Waals surface area contributed by atoms with Gasteiger partial charge in [-0.15, -0.1) is 0 Å². The van der Waals surface area contributed by atoms with Crippen molar-refractivity contribution in [2.45, 2.75) is 46.4 Å². The summed E-state index contributed by atoms with van der Waals surface area (Å²) in [6.45, 7) is 7.74. The highest BCUT2D eigenvalue weighted by Crippen LogP contribution is 2.17. The predicted octanol–water partition coefficient (Wildman–Crippen LogP) is 3.09. The molecule has 0 bridgehead atoms. The summed E-state index contributed by atoms with van der Waals surface area (Å²) in [5.41, 5.74) is 1.05. The number of hydrogen-bond donors (Lipinski definition) is 1. The number of ether oxygens (including phenoxy) is 1. The number of anilines is 1. The van der Waals surface area contributed by atoms with E-state index >= 15 is 0 Å². The molecular formula is C15H22N4O. The highest BCUT2D eigenvalue weighted by Gasteiger charge is 2.03. The summed E-state index contributed by atoms with van der Waals surface area (Å²) in [6.07, 6.45) is 2.85. The van der Waals surface area contributed by atoms with Gasteiger partial charge in [-0.3, -0.25) is 0 Å². The molecule has 0 spiro atoms. The number of aromatic nitrogens is 3. The zero-order valence-electron chi connectivity index (χ0n) is 12.3. The van der Waals surface area contributed by atoms with Crippen LogP contribution in [0, 0.1) is 0 Å². The predicted molar refractivity (Wildman–Crippen MR) is 79.8 cm³/mol. The molecule has 0 aliphatic rings. The summed E-state index contributed by atoms with van der Waals surface area (Å²) in [7, 11) is 0. The molecule has 20 heavy (non-hydrogen) atoms. The molecule has 0 amide bonds. The van der Waals surface area contributed by atoms with Crippen molar-refractivity contribution in [2.75, 3.05) is 5.32 Å². The maximum absolute atomic E-state index is 5.62. The van der Waals surface area contributed by atoms with Crippen molar-refractivity contribution in [2.24, 2.45) is 0 Å². The van der Waals surface area contributed by atoms with Crippen molar-refractivity contribution in [3.8, 4) is 5.75 Å². The van der Waals surface area contributed by atoms with Crippen molar-refractivity contribution in [3.63, 3.8) is 0 Å². The van der Waals surface area contributed by atoms with Crippen LogP contribution in [0.15, 0.2) is 30.6 Å². The van der Waals surface area contributed by atoms with Gasteiger partial charge in [-0.2, -0.15) is 5.10 Å². The van der Waals surface area contributed by atoms with Crippen molar-refractivity contribution in [1.82, 2.24) is 14.8 Å². The molecule has 1 heterocycles. The first-order valence-electron chi connectivity index (χ1n) is 7.06. The van der Waals surface area contributed by atoms with Gasteiger partial charge in [0.25, 0.3) is 0 Å². The van der Waals surface area contributed by atoms with Crippen LogP contribution in [0.4, 0.5) is 5.69 Å². The molecule has 0 saturated carbocycles. The first-order valence-corrected chi connectivity index (χ1v) is 7.06. The third-order valence-corrected chi connectivity index (χ3v) is 2.81. The summed E-state index contributed by atoms with van der Waals surface area (Å²) >= 11 is 0. The molecule has 1 aromatic heterocycles. The van der Waals surface area contributed by atoms with Gasteiger partial charge in [0.05, 0.1) is 12.6 Å². The average molecular weight is 274 g/mol. The number of nitrogens with zero attached hydrogens (tertiary/aromatic N) is 3. The number of aryl methyl sites for hydroxylation is 1. The Kier molecular flexibility index (Phi) is 4.98. The minimum atomic E-state index is 0.196. The second-order valence-electron chi connectivity index (χ2n) is 4.94. The molecule has 0 unspecified atom stereocenters. The lowest BCUT2D eigenvalue weighted by molar-refractivity contribution is 0.242. The van der Waals surface area contributed by atoms with E-state index in [4.69, 9.17) is 4.74 Å². The molecule has 0 saturated heterocycles. The number of rotatable bonds is 7. The van der Waals surface area contributed by atoms with Crippen molar-refractivity contribution >= 4 is 5.69 Å². The number of hydrogen-bond acceptors (Lipinski definition) is 4. The zero-order chi connectivity index (χ0) is 14.4. The van der Waals surface area contributed by atoms with E-state index in [1.54, 1.807) is 6.33 Å². The molecule has 108 valence electrons. The van der Waals surface area contributed by atoms with Gasteiger partial charge in [0.1, 0.15) is 17.9 Å². The summed E-state index contributed by atoms with van der Waals surface area (Å²) in [6, 6.07) is 7.97. The van der Waals surface area contributed by atoms with E-state index in [9.17, 15) is 0 Å². The van der Waals surface area contributed by atoms with Crippen molar-refractivity contribution in [1.29, 1.82) is 0 Å². The SMILES string of the molecule is CCCn1ncnc1CNc1ccc(OC(C)C)cc1. The lowest BCUT2D eigenvalue weighted by Gasteiger charge is -2.11. The van der Waals surface area contributed by atoms with Crippen LogP contribution in [-0.4, -0.2) is 20.9 Å². The quantitative estimate of drug-likeness (QED) is 0.843. The standard InChI is InChI=1S/C15H22N4O/c1-4-9-19-15(17-11-18-19)10-16-13-5-7-14(8-6-13)20-12(2)3/h5-8,11-12,16H,4,9-10H2,1-3H3. The van der Waals surface area contributed by atoms with Gasteiger partial charge < -0.3 is 10.1 Å². The molecule has 5 nitrogen and oxygen atoms in total. The van der Waals surface area contributed by atoms with Gasteiger partial charge in [0, 0.05) is 12.2 Å². The molecular weight excluding hydrogens is 252 g/mol.